The van der Waals surface area contributed by atoms with Gasteiger partial charge in [0.2, 0.25) is 0 Å². The fourth-order valence-corrected chi connectivity index (χ4v) is 3.88. The highest BCUT2D eigenvalue weighted by atomic mass is 16.6. The molecule has 0 aliphatic rings. The van der Waals surface area contributed by atoms with E-state index in [4.69, 9.17) is 23.7 Å². The Hall–Kier alpha value is -1.38. The van der Waals surface area contributed by atoms with E-state index in [9.17, 15) is 9.59 Å². The molecular weight excluding hydrogens is 498 g/mol. The Balaban J connectivity index is 3.76. The van der Waals surface area contributed by atoms with Crippen molar-refractivity contribution in [2.75, 3.05) is 40.1 Å². The first-order valence-corrected chi connectivity index (χ1v) is 15.4. The standard InChI is InChI=1S/C31H61NO7/c1-8-9-10-11-12-13-14-15-16-17-18-20-28(33)36-25-27(35-7)26-37-29(34)32-22-19-23-39-31(5,6)21-24-38-30(2,3)4/h27H,8-26H2,1-7H3,(H,32,34). The van der Waals surface area contributed by atoms with Crippen LogP contribution in [0.4, 0.5) is 4.79 Å². The molecule has 0 aromatic rings. The number of amides is 1. The third kappa shape index (κ3) is 26.6. The van der Waals surface area contributed by atoms with Crippen molar-refractivity contribution in [3.63, 3.8) is 0 Å². The number of carbonyl (C=O) groups is 2. The molecule has 0 spiro atoms. The number of ether oxygens (including phenoxy) is 5. The van der Waals surface area contributed by atoms with E-state index in [0.717, 1.165) is 19.3 Å². The number of hydrogen-bond acceptors (Lipinski definition) is 7. The Morgan fingerprint density at radius 1 is 0.718 bits per heavy atom. The van der Waals surface area contributed by atoms with E-state index >= 15 is 0 Å². The fourth-order valence-electron chi connectivity index (χ4n) is 3.88. The van der Waals surface area contributed by atoms with Gasteiger partial charge in [-0.3, -0.25) is 4.79 Å². The highest BCUT2D eigenvalue weighted by molar-refractivity contribution is 5.69. The Morgan fingerprint density at radius 2 is 1.28 bits per heavy atom. The maximum Gasteiger partial charge on any atom is 0.407 e. The lowest BCUT2D eigenvalue weighted by molar-refractivity contribution is -0.148. The first-order chi connectivity index (χ1) is 18.5. The van der Waals surface area contributed by atoms with E-state index in [1.807, 2.05) is 34.6 Å². The maximum atomic E-state index is 12.0. The molecule has 0 heterocycles. The summed E-state index contributed by atoms with van der Waals surface area (Å²) >= 11 is 0. The van der Waals surface area contributed by atoms with Gasteiger partial charge in [0.1, 0.15) is 19.3 Å². The SMILES string of the molecule is CCCCCCCCCCCCCC(=O)OCC(COC(=O)NCCCOC(C)(C)CCOC(C)(C)C)OC. The van der Waals surface area contributed by atoms with Crippen molar-refractivity contribution in [2.24, 2.45) is 0 Å². The van der Waals surface area contributed by atoms with Crippen LogP contribution >= 0.6 is 0 Å². The molecule has 0 aromatic carbocycles. The molecule has 1 amide bonds. The summed E-state index contributed by atoms with van der Waals surface area (Å²) in [6.07, 6.45) is 14.5. The van der Waals surface area contributed by atoms with Crippen molar-refractivity contribution in [3.8, 4) is 0 Å². The van der Waals surface area contributed by atoms with Crippen molar-refractivity contribution in [2.45, 2.75) is 149 Å². The molecule has 0 aliphatic heterocycles. The molecule has 0 fully saturated rings. The first-order valence-electron chi connectivity index (χ1n) is 15.4. The minimum Gasteiger partial charge on any atom is -0.463 e. The molecule has 0 aromatic heterocycles. The van der Waals surface area contributed by atoms with Crippen LogP contribution in [0.5, 0.6) is 0 Å². The predicted molar refractivity (Wildman–Crippen MR) is 157 cm³/mol. The van der Waals surface area contributed by atoms with Crippen LogP contribution < -0.4 is 5.32 Å². The third-order valence-corrected chi connectivity index (χ3v) is 6.47. The van der Waals surface area contributed by atoms with Gasteiger partial charge < -0.3 is 29.0 Å². The Morgan fingerprint density at radius 3 is 1.85 bits per heavy atom. The summed E-state index contributed by atoms with van der Waals surface area (Å²) < 4.78 is 27.5. The Kier molecular flexibility index (Phi) is 22.5. The average molecular weight is 560 g/mol. The van der Waals surface area contributed by atoms with Gasteiger partial charge in [0.05, 0.1) is 11.2 Å². The Labute approximate surface area is 239 Å². The molecule has 0 aliphatic carbocycles. The molecule has 0 bridgehead atoms. The highest BCUT2D eigenvalue weighted by Crippen LogP contribution is 2.17. The molecular formula is C31H61NO7. The van der Waals surface area contributed by atoms with Crippen molar-refractivity contribution in [1.82, 2.24) is 5.32 Å². The Bertz CT molecular complexity index is 604. The van der Waals surface area contributed by atoms with Gasteiger partial charge in [0.15, 0.2) is 0 Å². The summed E-state index contributed by atoms with van der Waals surface area (Å²) in [7, 11) is 1.51. The van der Waals surface area contributed by atoms with Gasteiger partial charge in [0, 0.05) is 33.3 Å². The minimum atomic E-state index is -0.526. The number of carbonyl (C=O) groups excluding carboxylic acids is 2. The average Bonchev–Trinajstić information content (AvgIpc) is 2.86. The van der Waals surface area contributed by atoms with Crippen molar-refractivity contribution in [3.05, 3.63) is 0 Å². The van der Waals surface area contributed by atoms with E-state index in [1.165, 1.54) is 64.9 Å². The molecule has 0 rings (SSSR count). The fraction of sp³-hybridized carbons (Fsp3) is 0.935. The van der Waals surface area contributed by atoms with Gasteiger partial charge in [-0.25, -0.2) is 4.79 Å². The zero-order valence-electron chi connectivity index (χ0n) is 26.4. The second kappa shape index (κ2) is 23.3. The number of esters is 1. The van der Waals surface area contributed by atoms with Crippen LogP contribution in [0, 0.1) is 0 Å². The molecule has 8 nitrogen and oxygen atoms in total. The lowest BCUT2D eigenvalue weighted by Gasteiger charge is -2.28. The molecule has 0 radical (unpaired) electrons. The van der Waals surface area contributed by atoms with E-state index in [0.29, 0.717) is 32.6 Å². The van der Waals surface area contributed by atoms with Gasteiger partial charge in [-0.1, -0.05) is 71.1 Å². The predicted octanol–water partition coefficient (Wildman–Crippen LogP) is 7.36. The van der Waals surface area contributed by atoms with E-state index in [1.54, 1.807) is 0 Å². The number of nitrogens with one attached hydrogen (secondary N) is 1. The molecule has 1 N–H and O–H groups in total. The minimum absolute atomic E-state index is 0.0192. The number of rotatable bonds is 25. The summed E-state index contributed by atoms with van der Waals surface area (Å²) in [5, 5.41) is 2.71. The molecule has 0 saturated heterocycles. The van der Waals surface area contributed by atoms with Crippen LogP contribution in [0.1, 0.15) is 131 Å². The highest BCUT2D eigenvalue weighted by Gasteiger charge is 2.20. The molecule has 1 atom stereocenters. The first kappa shape index (κ1) is 37.6. The third-order valence-electron chi connectivity index (χ3n) is 6.47. The van der Waals surface area contributed by atoms with Crippen LogP contribution in [0.2, 0.25) is 0 Å². The second-order valence-corrected chi connectivity index (χ2v) is 12.0. The monoisotopic (exact) mass is 559 g/mol. The molecule has 1 unspecified atom stereocenters. The largest absolute Gasteiger partial charge is 0.463 e. The van der Waals surface area contributed by atoms with E-state index < -0.39 is 12.2 Å². The number of unbranched alkanes of at least 4 members (excludes halogenated alkanes) is 10. The topological polar surface area (TPSA) is 92.3 Å². The molecule has 232 valence electrons. The molecule has 0 saturated carbocycles. The normalized spacial score (nSPS) is 12.8. The van der Waals surface area contributed by atoms with Crippen LogP contribution in [-0.4, -0.2) is 69.5 Å². The van der Waals surface area contributed by atoms with Crippen LogP contribution in [-0.2, 0) is 28.5 Å². The van der Waals surface area contributed by atoms with Gasteiger partial charge in [-0.05, 0) is 53.9 Å². The maximum absolute atomic E-state index is 12.0. The number of alkyl carbamates (subject to hydrolysis) is 1. The molecule has 39 heavy (non-hydrogen) atoms. The van der Waals surface area contributed by atoms with Gasteiger partial charge in [0.25, 0.3) is 0 Å². The quantitative estimate of drug-likeness (QED) is 0.0922. The lowest BCUT2D eigenvalue weighted by atomic mass is 10.1. The van der Waals surface area contributed by atoms with Crippen LogP contribution in [0.25, 0.3) is 0 Å². The zero-order valence-corrected chi connectivity index (χ0v) is 26.4. The van der Waals surface area contributed by atoms with E-state index in [-0.39, 0.29) is 30.4 Å². The smallest absolute Gasteiger partial charge is 0.407 e. The lowest BCUT2D eigenvalue weighted by Crippen LogP contribution is -2.33. The van der Waals surface area contributed by atoms with Gasteiger partial charge in [-0.15, -0.1) is 0 Å². The van der Waals surface area contributed by atoms with Crippen LogP contribution in [0.15, 0.2) is 0 Å². The summed E-state index contributed by atoms with van der Waals surface area (Å²) in [6.45, 7) is 14.1. The second-order valence-electron chi connectivity index (χ2n) is 12.0. The van der Waals surface area contributed by atoms with Gasteiger partial charge >= 0.3 is 12.1 Å². The number of methoxy groups -OCH3 is 1. The summed E-state index contributed by atoms with van der Waals surface area (Å²) in [5.41, 5.74) is -0.446. The van der Waals surface area contributed by atoms with Gasteiger partial charge in [-0.2, -0.15) is 0 Å². The number of hydrogen-bond donors (Lipinski definition) is 1. The van der Waals surface area contributed by atoms with Crippen molar-refractivity contribution >= 4 is 12.1 Å². The summed E-state index contributed by atoms with van der Waals surface area (Å²) in [6, 6.07) is 0. The van der Waals surface area contributed by atoms with Crippen molar-refractivity contribution < 1.29 is 33.3 Å². The zero-order chi connectivity index (χ0) is 29.4. The van der Waals surface area contributed by atoms with Crippen LogP contribution in [0.3, 0.4) is 0 Å². The van der Waals surface area contributed by atoms with Crippen molar-refractivity contribution in [1.29, 1.82) is 0 Å². The van der Waals surface area contributed by atoms with E-state index in [2.05, 4.69) is 12.2 Å². The summed E-state index contributed by atoms with van der Waals surface area (Å²) in [4.78, 5) is 24.0. The summed E-state index contributed by atoms with van der Waals surface area (Å²) in [5.74, 6) is -0.231. The molecule has 8 heteroatoms.